The van der Waals surface area contributed by atoms with Gasteiger partial charge in [-0.3, -0.25) is 4.90 Å². The lowest BCUT2D eigenvalue weighted by Crippen LogP contribution is -2.52. The fourth-order valence-corrected chi connectivity index (χ4v) is 3.76. The average Bonchev–Trinajstić information content (AvgIpc) is 3.25. The molecule has 0 amide bonds. The van der Waals surface area contributed by atoms with Gasteiger partial charge in [-0.05, 0) is 31.7 Å². The highest BCUT2D eigenvalue weighted by atomic mass is 16.5. The number of morpholine rings is 1. The average molecular weight is 290 g/mol. The highest BCUT2D eigenvalue weighted by molar-refractivity contribution is 5.17. The van der Waals surface area contributed by atoms with Crippen LogP contribution in [-0.4, -0.2) is 36.2 Å². The minimum Gasteiger partial charge on any atom is -0.468 e. The summed E-state index contributed by atoms with van der Waals surface area (Å²) in [7, 11) is 0. The van der Waals surface area contributed by atoms with Gasteiger partial charge in [-0.25, -0.2) is 0 Å². The molecule has 4 nitrogen and oxygen atoms in total. The molecule has 2 atom stereocenters. The van der Waals surface area contributed by atoms with E-state index in [9.17, 15) is 0 Å². The number of nitrogens with one attached hydrogen (secondary N) is 1. The summed E-state index contributed by atoms with van der Waals surface area (Å²) >= 11 is 0. The van der Waals surface area contributed by atoms with E-state index in [0.717, 1.165) is 38.0 Å². The van der Waals surface area contributed by atoms with Crippen molar-refractivity contribution in [2.24, 2.45) is 0 Å². The molecule has 3 aliphatic rings. The molecule has 116 valence electrons. The lowest BCUT2D eigenvalue weighted by molar-refractivity contribution is -0.0927. The van der Waals surface area contributed by atoms with E-state index < -0.39 is 0 Å². The fraction of sp³-hybridized carbons (Fsp3) is 0.765. The fourth-order valence-electron chi connectivity index (χ4n) is 3.76. The van der Waals surface area contributed by atoms with Crippen molar-refractivity contribution in [1.29, 1.82) is 0 Å². The zero-order valence-corrected chi connectivity index (χ0v) is 12.7. The summed E-state index contributed by atoms with van der Waals surface area (Å²) in [6.07, 6.45) is 10.1. The maximum atomic E-state index is 5.96. The van der Waals surface area contributed by atoms with Crippen LogP contribution in [-0.2, 0) is 17.8 Å². The molecule has 0 radical (unpaired) electrons. The van der Waals surface area contributed by atoms with Crippen molar-refractivity contribution in [3.8, 4) is 0 Å². The van der Waals surface area contributed by atoms with Crippen molar-refractivity contribution in [2.45, 2.75) is 69.8 Å². The Morgan fingerprint density at radius 3 is 3.00 bits per heavy atom. The Balaban J connectivity index is 1.41. The zero-order chi connectivity index (χ0) is 14.1. The van der Waals surface area contributed by atoms with E-state index in [4.69, 9.17) is 9.15 Å². The molecule has 4 heteroatoms. The third-order valence-electron chi connectivity index (χ3n) is 5.19. The number of nitrogens with zero attached hydrogens (tertiary/aromatic N) is 1. The van der Waals surface area contributed by atoms with Gasteiger partial charge in [0.15, 0.2) is 0 Å². The van der Waals surface area contributed by atoms with Crippen molar-refractivity contribution in [2.75, 3.05) is 13.2 Å². The van der Waals surface area contributed by atoms with Gasteiger partial charge in [-0.15, -0.1) is 0 Å². The Kier molecular flexibility index (Phi) is 4.01. The van der Waals surface area contributed by atoms with E-state index in [1.807, 2.05) is 6.26 Å². The smallest absolute Gasteiger partial charge is 0.122 e. The number of furan rings is 1. The van der Waals surface area contributed by atoms with E-state index in [0.29, 0.717) is 12.1 Å². The number of hydrogen-bond donors (Lipinski definition) is 1. The molecule has 0 spiro atoms. The molecule has 2 aliphatic carbocycles. The third kappa shape index (κ3) is 3.17. The predicted octanol–water partition coefficient (Wildman–Crippen LogP) is 2.68. The van der Waals surface area contributed by atoms with Gasteiger partial charge in [-0.2, -0.15) is 0 Å². The highest BCUT2D eigenvalue weighted by Crippen LogP contribution is 2.30. The quantitative estimate of drug-likeness (QED) is 0.905. The van der Waals surface area contributed by atoms with Crippen molar-refractivity contribution in [1.82, 2.24) is 10.2 Å². The van der Waals surface area contributed by atoms with Crippen LogP contribution in [0.25, 0.3) is 0 Å². The summed E-state index contributed by atoms with van der Waals surface area (Å²) in [5.74, 6) is 1.15. The molecule has 1 aliphatic heterocycles. The van der Waals surface area contributed by atoms with Gasteiger partial charge >= 0.3 is 0 Å². The molecule has 1 aromatic rings. The van der Waals surface area contributed by atoms with Gasteiger partial charge in [0.25, 0.3) is 0 Å². The second kappa shape index (κ2) is 6.11. The van der Waals surface area contributed by atoms with Crippen LogP contribution in [0.4, 0.5) is 0 Å². The Hall–Kier alpha value is -0.840. The minimum absolute atomic E-state index is 0.454. The van der Waals surface area contributed by atoms with Gasteiger partial charge in [0.1, 0.15) is 5.76 Å². The molecule has 2 heterocycles. The largest absolute Gasteiger partial charge is 0.468 e. The van der Waals surface area contributed by atoms with Gasteiger partial charge in [-0.1, -0.05) is 12.8 Å². The van der Waals surface area contributed by atoms with E-state index in [1.165, 1.54) is 44.1 Å². The van der Waals surface area contributed by atoms with Crippen molar-refractivity contribution in [3.05, 3.63) is 23.7 Å². The maximum Gasteiger partial charge on any atom is 0.122 e. The molecule has 21 heavy (non-hydrogen) atoms. The molecule has 2 saturated carbocycles. The maximum absolute atomic E-state index is 5.96. The molecule has 0 aromatic carbocycles. The Labute approximate surface area is 126 Å². The van der Waals surface area contributed by atoms with Gasteiger partial charge < -0.3 is 14.5 Å². The number of fused-ring (bicyclic) bond motifs is 1. The van der Waals surface area contributed by atoms with E-state index in [1.54, 1.807) is 0 Å². The van der Waals surface area contributed by atoms with Crippen LogP contribution in [0.2, 0.25) is 0 Å². The molecule has 1 N–H and O–H groups in total. The summed E-state index contributed by atoms with van der Waals surface area (Å²) < 4.78 is 11.7. The van der Waals surface area contributed by atoms with E-state index in [2.05, 4.69) is 16.3 Å². The minimum atomic E-state index is 0.454. The van der Waals surface area contributed by atoms with Gasteiger partial charge in [0, 0.05) is 30.7 Å². The highest BCUT2D eigenvalue weighted by Gasteiger charge is 2.34. The van der Waals surface area contributed by atoms with Crippen LogP contribution in [0.3, 0.4) is 0 Å². The number of hydrogen-bond acceptors (Lipinski definition) is 4. The molecule has 1 saturated heterocycles. The van der Waals surface area contributed by atoms with Crippen molar-refractivity contribution in [3.63, 3.8) is 0 Å². The van der Waals surface area contributed by atoms with E-state index >= 15 is 0 Å². The van der Waals surface area contributed by atoms with Crippen molar-refractivity contribution >= 4 is 0 Å². The lowest BCUT2D eigenvalue weighted by Gasteiger charge is -2.43. The van der Waals surface area contributed by atoms with Crippen LogP contribution in [0, 0.1) is 0 Å². The summed E-state index contributed by atoms with van der Waals surface area (Å²) in [4.78, 5) is 2.59. The van der Waals surface area contributed by atoms with Crippen LogP contribution in [0.1, 0.15) is 49.8 Å². The molecule has 3 fully saturated rings. The van der Waals surface area contributed by atoms with Crippen molar-refractivity contribution < 1.29 is 9.15 Å². The topological polar surface area (TPSA) is 37.6 Å². The Morgan fingerprint density at radius 2 is 2.10 bits per heavy atom. The molecule has 2 unspecified atom stereocenters. The second-order valence-electron chi connectivity index (χ2n) is 6.76. The first-order valence-electron chi connectivity index (χ1n) is 8.54. The van der Waals surface area contributed by atoms with E-state index in [-0.39, 0.29) is 0 Å². The lowest BCUT2D eigenvalue weighted by atomic mass is 9.90. The molecular weight excluding hydrogens is 264 g/mol. The van der Waals surface area contributed by atoms with Crippen LogP contribution in [0.5, 0.6) is 0 Å². The molecular formula is C17H26N2O2. The predicted molar refractivity (Wildman–Crippen MR) is 81.0 cm³/mol. The Bertz CT molecular complexity index is 467. The first kappa shape index (κ1) is 13.8. The number of rotatable bonds is 5. The molecule has 1 aromatic heterocycles. The molecule has 0 bridgehead atoms. The molecule has 4 rings (SSSR count). The Morgan fingerprint density at radius 1 is 1.19 bits per heavy atom. The monoisotopic (exact) mass is 290 g/mol. The zero-order valence-electron chi connectivity index (χ0n) is 12.7. The summed E-state index contributed by atoms with van der Waals surface area (Å²) in [6, 6.07) is 3.48. The van der Waals surface area contributed by atoms with Crippen LogP contribution < -0.4 is 5.32 Å². The SMILES string of the molecule is c1cc(CNC2CC2)c(CN2CCOC3CCCCC32)o1. The normalized spacial score (nSPS) is 30.3. The third-order valence-corrected chi connectivity index (χ3v) is 5.19. The van der Waals surface area contributed by atoms with Gasteiger partial charge in [0.05, 0.1) is 25.5 Å². The van der Waals surface area contributed by atoms with Gasteiger partial charge in [0.2, 0.25) is 0 Å². The number of ether oxygens (including phenoxy) is 1. The summed E-state index contributed by atoms with van der Waals surface area (Å²) in [5, 5.41) is 3.59. The first-order chi connectivity index (χ1) is 10.4. The van der Waals surface area contributed by atoms with Crippen LogP contribution in [0.15, 0.2) is 16.7 Å². The summed E-state index contributed by atoms with van der Waals surface area (Å²) in [5.41, 5.74) is 1.33. The van der Waals surface area contributed by atoms with Crippen LogP contribution >= 0.6 is 0 Å². The standard InChI is InChI=1S/C17H26N2O2/c1-2-4-16-15(3-1)19(8-10-21-16)12-17-13(7-9-20-17)11-18-14-5-6-14/h7,9,14-16,18H,1-6,8,10-12H2. The first-order valence-corrected chi connectivity index (χ1v) is 8.54. The second-order valence-corrected chi connectivity index (χ2v) is 6.76. The summed E-state index contributed by atoms with van der Waals surface area (Å²) in [6.45, 7) is 3.81.